The quantitative estimate of drug-likeness (QED) is 0.854. The fourth-order valence-electron chi connectivity index (χ4n) is 2.30. The topological polar surface area (TPSA) is 42.5 Å². The summed E-state index contributed by atoms with van der Waals surface area (Å²) in [5.41, 5.74) is 2.49. The van der Waals surface area contributed by atoms with Gasteiger partial charge < -0.3 is 20.1 Å². The zero-order valence-electron chi connectivity index (χ0n) is 12.2. The molecule has 0 amide bonds. The van der Waals surface area contributed by atoms with Crippen LogP contribution in [0, 0.1) is 6.92 Å². The summed E-state index contributed by atoms with van der Waals surface area (Å²) in [6, 6.07) is 4.93. The molecule has 2 rings (SSSR count). The average molecular weight is 264 g/mol. The van der Waals surface area contributed by atoms with E-state index in [2.05, 4.69) is 43.5 Å². The molecule has 1 atom stereocenters. The van der Waals surface area contributed by atoms with Gasteiger partial charge in [0, 0.05) is 18.6 Å². The van der Waals surface area contributed by atoms with E-state index in [9.17, 15) is 0 Å². The largest absolute Gasteiger partial charge is 0.486 e. The van der Waals surface area contributed by atoms with Crippen LogP contribution >= 0.6 is 0 Å². The predicted octanol–water partition coefficient (Wildman–Crippen LogP) is 2.02. The molecule has 0 bridgehead atoms. The minimum Gasteiger partial charge on any atom is -0.486 e. The molecule has 0 saturated heterocycles. The van der Waals surface area contributed by atoms with Crippen molar-refractivity contribution in [3.05, 3.63) is 23.3 Å². The van der Waals surface area contributed by atoms with Gasteiger partial charge in [-0.05, 0) is 37.2 Å². The lowest BCUT2D eigenvalue weighted by atomic mass is 10.00. The summed E-state index contributed by atoms with van der Waals surface area (Å²) in [7, 11) is 1.99. The van der Waals surface area contributed by atoms with Crippen LogP contribution in [0.2, 0.25) is 0 Å². The molecular weight excluding hydrogens is 240 g/mol. The third-order valence-corrected chi connectivity index (χ3v) is 3.38. The van der Waals surface area contributed by atoms with Crippen molar-refractivity contribution in [3.8, 4) is 11.5 Å². The zero-order chi connectivity index (χ0) is 13.8. The molecule has 4 heteroatoms. The van der Waals surface area contributed by atoms with E-state index in [0.717, 1.165) is 18.0 Å². The Hall–Kier alpha value is -1.26. The Morgan fingerprint density at radius 1 is 1.16 bits per heavy atom. The highest BCUT2D eigenvalue weighted by Crippen LogP contribution is 2.35. The van der Waals surface area contributed by atoms with E-state index in [0.29, 0.717) is 19.3 Å². The van der Waals surface area contributed by atoms with Crippen molar-refractivity contribution < 1.29 is 9.47 Å². The van der Waals surface area contributed by atoms with E-state index < -0.39 is 0 Å². The molecule has 1 aromatic rings. The van der Waals surface area contributed by atoms with Crippen LogP contribution in [0.15, 0.2) is 12.1 Å². The highest BCUT2D eigenvalue weighted by atomic mass is 16.6. The van der Waals surface area contributed by atoms with Crippen molar-refractivity contribution in [1.29, 1.82) is 0 Å². The molecule has 106 valence electrons. The van der Waals surface area contributed by atoms with E-state index in [-0.39, 0.29) is 6.04 Å². The molecule has 4 nitrogen and oxygen atoms in total. The molecule has 1 unspecified atom stereocenters. The van der Waals surface area contributed by atoms with E-state index >= 15 is 0 Å². The zero-order valence-corrected chi connectivity index (χ0v) is 12.2. The smallest absolute Gasteiger partial charge is 0.161 e. The van der Waals surface area contributed by atoms with E-state index in [1.807, 2.05) is 7.05 Å². The maximum Gasteiger partial charge on any atom is 0.161 e. The fraction of sp³-hybridized carbons (Fsp3) is 0.600. The highest BCUT2D eigenvalue weighted by Gasteiger charge is 2.18. The first-order valence-corrected chi connectivity index (χ1v) is 6.92. The molecule has 1 aliphatic rings. The van der Waals surface area contributed by atoms with Crippen LogP contribution in [0.25, 0.3) is 0 Å². The summed E-state index contributed by atoms with van der Waals surface area (Å²) in [5.74, 6) is 1.72. The fourth-order valence-corrected chi connectivity index (χ4v) is 2.30. The first kappa shape index (κ1) is 14.2. The minimum absolute atomic E-state index is 0.276. The molecule has 0 saturated carbocycles. The van der Waals surface area contributed by atoms with Gasteiger partial charge in [-0.2, -0.15) is 0 Å². The molecule has 0 aromatic heterocycles. The molecule has 0 aliphatic carbocycles. The maximum atomic E-state index is 5.67. The number of fused-ring (bicyclic) bond motifs is 1. The summed E-state index contributed by atoms with van der Waals surface area (Å²) in [6.07, 6.45) is 0. The molecular formula is C15H24N2O2. The van der Waals surface area contributed by atoms with Gasteiger partial charge in [-0.15, -0.1) is 0 Å². The second-order valence-corrected chi connectivity index (χ2v) is 5.26. The van der Waals surface area contributed by atoms with Crippen LogP contribution in [-0.2, 0) is 0 Å². The van der Waals surface area contributed by atoms with Crippen LogP contribution in [-0.4, -0.2) is 32.8 Å². The van der Waals surface area contributed by atoms with E-state index in [1.165, 1.54) is 11.1 Å². The molecule has 1 heterocycles. The van der Waals surface area contributed by atoms with Gasteiger partial charge in [-0.25, -0.2) is 0 Å². The molecule has 0 fully saturated rings. The van der Waals surface area contributed by atoms with Gasteiger partial charge in [-0.3, -0.25) is 0 Å². The monoisotopic (exact) mass is 264 g/mol. The van der Waals surface area contributed by atoms with Gasteiger partial charge >= 0.3 is 0 Å². The predicted molar refractivity (Wildman–Crippen MR) is 77.1 cm³/mol. The summed E-state index contributed by atoms with van der Waals surface area (Å²) in [5, 5.41) is 6.83. The number of aryl methyl sites for hydroxylation is 1. The molecule has 0 spiro atoms. The standard InChI is InChI=1S/C15H24N2O2/c1-10(2)17-9-13(16-4)12-8-15-14(7-11(12)3)18-5-6-19-15/h7-8,10,13,16-17H,5-6,9H2,1-4H3. The van der Waals surface area contributed by atoms with Gasteiger partial charge in [0.05, 0.1) is 0 Å². The number of benzene rings is 1. The lowest BCUT2D eigenvalue weighted by Crippen LogP contribution is -2.33. The molecule has 0 radical (unpaired) electrons. The number of hydrogen-bond donors (Lipinski definition) is 2. The SMILES string of the molecule is CNC(CNC(C)C)c1cc2c(cc1C)OCCO2. The molecule has 19 heavy (non-hydrogen) atoms. The van der Waals surface area contributed by atoms with Crippen molar-refractivity contribution in [2.24, 2.45) is 0 Å². The van der Waals surface area contributed by atoms with Crippen LogP contribution in [0.5, 0.6) is 11.5 Å². The van der Waals surface area contributed by atoms with Gasteiger partial charge in [0.25, 0.3) is 0 Å². The van der Waals surface area contributed by atoms with E-state index in [1.54, 1.807) is 0 Å². The minimum atomic E-state index is 0.276. The van der Waals surface area contributed by atoms with Crippen molar-refractivity contribution in [2.75, 3.05) is 26.8 Å². The Bertz CT molecular complexity index is 432. The Morgan fingerprint density at radius 3 is 2.37 bits per heavy atom. The second-order valence-electron chi connectivity index (χ2n) is 5.26. The van der Waals surface area contributed by atoms with Crippen molar-refractivity contribution >= 4 is 0 Å². The van der Waals surface area contributed by atoms with Crippen molar-refractivity contribution in [2.45, 2.75) is 32.9 Å². The lowest BCUT2D eigenvalue weighted by Gasteiger charge is -2.25. The number of rotatable bonds is 5. The number of hydrogen-bond acceptors (Lipinski definition) is 4. The summed E-state index contributed by atoms with van der Waals surface area (Å²) < 4.78 is 11.3. The first-order chi connectivity index (χ1) is 9.11. The summed E-state index contributed by atoms with van der Waals surface area (Å²) >= 11 is 0. The number of nitrogens with one attached hydrogen (secondary N) is 2. The first-order valence-electron chi connectivity index (χ1n) is 6.92. The van der Waals surface area contributed by atoms with Gasteiger partial charge in [0.15, 0.2) is 11.5 Å². The Balaban J connectivity index is 2.21. The van der Waals surface area contributed by atoms with Crippen LogP contribution in [0.4, 0.5) is 0 Å². The maximum absolute atomic E-state index is 5.67. The summed E-state index contributed by atoms with van der Waals surface area (Å²) in [4.78, 5) is 0. The van der Waals surface area contributed by atoms with E-state index in [4.69, 9.17) is 9.47 Å². The molecule has 2 N–H and O–H groups in total. The number of likely N-dealkylation sites (N-methyl/N-ethyl adjacent to an activating group) is 1. The molecule has 1 aliphatic heterocycles. The van der Waals surface area contributed by atoms with Gasteiger partial charge in [0.1, 0.15) is 13.2 Å². The van der Waals surface area contributed by atoms with Crippen LogP contribution < -0.4 is 20.1 Å². The number of ether oxygens (including phenoxy) is 2. The van der Waals surface area contributed by atoms with Gasteiger partial charge in [0.2, 0.25) is 0 Å². The third-order valence-electron chi connectivity index (χ3n) is 3.38. The highest BCUT2D eigenvalue weighted by molar-refractivity contribution is 5.48. The Labute approximate surface area is 115 Å². The summed E-state index contributed by atoms with van der Waals surface area (Å²) in [6.45, 7) is 8.59. The average Bonchev–Trinajstić information content (AvgIpc) is 2.39. The Kier molecular flexibility index (Phi) is 4.66. The third kappa shape index (κ3) is 3.39. The second kappa shape index (κ2) is 6.26. The van der Waals surface area contributed by atoms with Crippen molar-refractivity contribution in [3.63, 3.8) is 0 Å². The van der Waals surface area contributed by atoms with Crippen LogP contribution in [0.3, 0.4) is 0 Å². The van der Waals surface area contributed by atoms with Crippen LogP contribution in [0.1, 0.15) is 31.0 Å². The van der Waals surface area contributed by atoms with Crippen molar-refractivity contribution in [1.82, 2.24) is 10.6 Å². The Morgan fingerprint density at radius 2 is 1.79 bits per heavy atom. The lowest BCUT2D eigenvalue weighted by molar-refractivity contribution is 0.171. The normalized spacial score (nSPS) is 15.6. The van der Waals surface area contributed by atoms with Gasteiger partial charge in [-0.1, -0.05) is 13.8 Å². The molecule has 1 aromatic carbocycles.